The second-order valence-corrected chi connectivity index (χ2v) is 7.21. The average molecular weight is 325 g/mol. The van der Waals surface area contributed by atoms with Crippen molar-refractivity contribution in [2.45, 2.75) is 104 Å². The van der Waals surface area contributed by atoms with Crippen molar-refractivity contribution < 1.29 is 9.90 Å². The quantitative estimate of drug-likeness (QED) is 0.245. The SMILES string of the molecule is CCCCCCCCC=CCCCCCCC(C(=O)O)C(C)C. The van der Waals surface area contributed by atoms with E-state index >= 15 is 0 Å². The molecule has 0 heterocycles. The van der Waals surface area contributed by atoms with Crippen molar-refractivity contribution in [2.24, 2.45) is 11.8 Å². The zero-order valence-electron chi connectivity index (χ0n) is 15.9. The largest absolute Gasteiger partial charge is 0.481 e. The molecule has 0 bridgehead atoms. The molecule has 0 fully saturated rings. The molecule has 0 aliphatic carbocycles. The van der Waals surface area contributed by atoms with Crippen molar-refractivity contribution in [1.29, 1.82) is 0 Å². The topological polar surface area (TPSA) is 37.3 Å². The van der Waals surface area contributed by atoms with Gasteiger partial charge in [0, 0.05) is 0 Å². The van der Waals surface area contributed by atoms with Crippen molar-refractivity contribution >= 4 is 5.97 Å². The maximum absolute atomic E-state index is 11.1. The highest BCUT2D eigenvalue weighted by molar-refractivity contribution is 5.70. The maximum atomic E-state index is 11.1. The van der Waals surface area contributed by atoms with Crippen LogP contribution in [-0.4, -0.2) is 11.1 Å². The Morgan fingerprint density at radius 3 is 1.78 bits per heavy atom. The number of carbonyl (C=O) groups is 1. The second-order valence-electron chi connectivity index (χ2n) is 7.21. The van der Waals surface area contributed by atoms with E-state index in [4.69, 9.17) is 5.11 Å². The fourth-order valence-corrected chi connectivity index (χ4v) is 3.00. The third kappa shape index (κ3) is 14.5. The number of carboxylic acid groups (broad SMARTS) is 1. The molecule has 0 spiro atoms. The highest BCUT2D eigenvalue weighted by Crippen LogP contribution is 2.19. The number of rotatable bonds is 16. The number of unbranched alkanes of at least 4 members (excludes halogenated alkanes) is 10. The molecule has 0 aromatic rings. The van der Waals surface area contributed by atoms with Crippen molar-refractivity contribution in [3.8, 4) is 0 Å². The van der Waals surface area contributed by atoms with E-state index in [0.717, 1.165) is 12.8 Å². The normalized spacial score (nSPS) is 13.0. The third-order valence-electron chi connectivity index (χ3n) is 4.65. The minimum Gasteiger partial charge on any atom is -0.481 e. The fourth-order valence-electron chi connectivity index (χ4n) is 3.00. The van der Waals surface area contributed by atoms with Crippen LogP contribution in [0.3, 0.4) is 0 Å². The van der Waals surface area contributed by atoms with E-state index in [0.29, 0.717) is 0 Å². The van der Waals surface area contributed by atoms with Crippen LogP contribution in [0.4, 0.5) is 0 Å². The lowest BCUT2D eigenvalue weighted by Gasteiger charge is -2.15. The molecule has 0 aliphatic heterocycles. The van der Waals surface area contributed by atoms with E-state index in [1.165, 1.54) is 70.6 Å². The average Bonchev–Trinajstić information content (AvgIpc) is 2.50. The summed E-state index contributed by atoms with van der Waals surface area (Å²) in [7, 11) is 0. The smallest absolute Gasteiger partial charge is 0.306 e. The van der Waals surface area contributed by atoms with Crippen LogP contribution in [0.1, 0.15) is 104 Å². The first-order valence-corrected chi connectivity index (χ1v) is 9.97. The maximum Gasteiger partial charge on any atom is 0.306 e. The summed E-state index contributed by atoms with van der Waals surface area (Å²) in [5.74, 6) is -0.540. The minimum absolute atomic E-state index is 0.160. The molecule has 0 aromatic carbocycles. The van der Waals surface area contributed by atoms with Crippen LogP contribution in [0, 0.1) is 11.8 Å². The number of hydrogen-bond donors (Lipinski definition) is 1. The summed E-state index contributed by atoms with van der Waals surface area (Å²) in [6.07, 6.45) is 20.9. The van der Waals surface area contributed by atoms with Gasteiger partial charge in [-0.2, -0.15) is 0 Å². The first-order chi connectivity index (χ1) is 11.1. The Morgan fingerprint density at radius 2 is 1.30 bits per heavy atom. The third-order valence-corrected chi connectivity index (χ3v) is 4.65. The fraction of sp³-hybridized carbons (Fsp3) is 0.857. The molecule has 0 saturated carbocycles. The van der Waals surface area contributed by atoms with Gasteiger partial charge < -0.3 is 5.11 Å². The van der Waals surface area contributed by atoms with E-state index in [9.17, 15) is 4.79 Å². The molecule has 0 radical (unpaired) electrons. The Labute approximate surface area is 144 Å². The lowest BCUT2D eigenvalue weighted by atomic mass is 9.90. The lowest BCUT2D eigenvalue weighted by Crippen LogP contribution is -2.19. The molecule has 136 valence electrons. The second kappa shape index (κ2) is 16.1. The summed E-state index contributed by atoms with van der Waals surface area (Å²) in [6.45, 7) is 6.28. The van der Waals surface area contributed by atoms with Crippen molar-refractivity contribution in [3.05, 3.63) is 12.2 Å². The van der Waals surface area contributed by atoms with E-state index in [2.05, 4.69) is 19.1 Å². The van der Waals surface area contributed by atoms with Crippen molar-refractivity contribution in [2.75, 3.05) is 0 Å². The molecule has 2 heteroatoms. The highest BCUT2D eigenvalue weighted by atomic mass is 16.4. The first-order valence-electron chi connectivity index (χ1n) is 9.97. The van der Waals surface area contributed by atoms with Crippen LogP contribution in [0.25, 0.3) is 0 Å². The van der Waals surface area contributed by atoms with Gasteiger partial charge in [0.25, 0.3) is 0 Å². The molecule has 1 unspecified atom stereocenters. The van der Waals surface area contributed by atoms with Gasteiger partial charge in [0.2, 0.25) is 0 Å². The van der Waals surface area contributed by atoms with E-state index in [-0.39, 0.29) is 11.8 Å². The Kier molecular flexibility index (Phi) is 15.5. The van der Waals surface area contributed by atoms with E-state index < -0.39 is 5.97 Å². The van der Waals surface area contributed by atoms with Gasteiger partial charge in [0.15, 0.2) is 0 Å². The van der Waals surface area contributed by atoms with E-state index in [1.807, 2.05) is 13.8 Å². The summed E-state index contributed by atoms with van der Waals surface area (Å²) < 4.78 is 0. The number of carboxylic acids is 1. The van der Waals surface area contributed by atoms with Gasteiger partial charge in [0.1, 0.15) is 0 Å². The summed E-state index contributed by atoms with van der Waals surface area (Å²) in [6, 6.07) is 0. The molecule has 0 rings (SSSR count). The predicted molar refractivity (Wildman–Crippen MR) is 101 cm³/mol. The number of aliphatic carboxylic acids is 1. The molecule has 0 amide bonds. The Bertz CT molecular complexity index is 294. The highest BCUT2D eigenvalue weighted by Gasteiger charge is 2.20. The summed E-state index contributed by atoms with van der Waals surface area (Å²) in [5.41, 5.74) is 0. The predicted octanol–water partition coefficient (Wildman–Crippen LogP) is 6.99. The van der Waals surface area contributed by atoms with Gasteiger partial charge in [-0.3, -0.25) is 4.79 Å². The molecule has 0 saturated heterocycles. The molecule has 0 aromatic heterocycles. The van der Waals surface area contributed by atoms with Gasteiger partial charge in [-0.15, -0.1) is 0 Å². The standard InChI is InChI=1S/C21H40O2/c1-4-5-6-7-8-9-10-11-12-13-14-15-16-17-18-20(19(2)3)21(22)23/h11-12,19-20H,4-10,13-18H2,1-3H3,(H,22,23). The zero-order chi connectivity index (χ0) is 17.3. The van der Waals surface area contributed by atoms with Crippen LogP contribution >= 0.6 is 0 Å². The lowest BCUT2D eigenvalue weighted by molar-refractivity contribution is -0.143. The summed E-state index contributed by atoms with van der Waals surface area (Å²) >= 11 is 0. The minimum atomic E-state index is -0.627. The Hall–Kier alpha value is -0.790. The van der Waals surface area contributed by atoms with Gasteiger partial charge in [-0.05, 0) is 38.0 Å². The first kappa shape index (κ1) is 22.2. The zero-order valence-corrected chi connectivity index (χ0v) is 15.9. The summed E-state index contributed by atoms with van der Waals surface area (Å²) in [5, 5.41) is 9.14. The van der Waals surface area contributed by atoms with Crippen LogP contribution in [0.15, 0.2) is 12.2 Å². The Morgan fingerprint density at radius 1 is 0.826 bits per heavy atom. The van der Waals surface area contributed by atoms with Gasteiger partial charge in [-0.25, -0.2) is 0 Å². The van der Waals surface area contributed by atoms with Crippen molar-refractivity contribution in [3.63, 3.8) is 0 Å². The van der Waals surface area contributed by atoms with Crippen LogP contribution in [0.5, 0.6) is 0 Å². The van der Waals surface area contributed by atoms with E-state index in [1.54, 1.807) is 0 Å². The molecule has 1 N–H and O–H groups in total. The molecule has 23 heavy (non-hydrogen) atoms. The van der Waals surface area contributed by atoms with Gasteiger partial charge >= 0.3 is 5.97 Å². The van der Waals surface area contributed by atoms with Gasteiger partial charge in [-0.1, -0.05) is 84.3 Å². The molecule has 2 nitrogen and oxygen atoms in total. The molecular weight excluding hydrogens is 284 g/mol. The molecular formula is C21H40O2. The van der Waals surface area contributed by atoms with Crippen LogP contribution in [0.2, 0.25) is 0 Å². The number of hydrogen-bond acceptors (Lipinski definition) is 1. The van der Waals surface area contributed by atoms with Crippen molar-refractivity contribution in [1.82, 2.24) is 0 Å². The van der Waals surface area contributed by atoms with Gasteiger partial charge in [0.05, 0.1) is 5.92 Å². The monoisotopic (exact) mass is 324 g/mol. The molecule has 0 aliphatic rings. The number of allylic oxidation sites excluding steroid dienone is 2. The summed E-state index contributed by atoms with van der Waals surface area (Å²) in [4.78, 5) is 11.1. The Balaban J connectivity index is 3.35. The van der Waals surface area contributed by atoms with Crippen LogP contribution in [-0.2, 0) is 4.79 Å². The van der Waals surface area contributed by atoms with Crippen LogP contribution < -0.4 is 0 Å². The molecule has 1 atom stereocenters.